The number of rotatable bonds is 5. The summed E-state index contributed by atoms with van der Waals surface area (Å²) < 4.78 is 0. The normalized spacial score (nSPS) is 23.1. The van der Waals surface area contributed by atoms with E-state index < -0.39 is 0 Å². The van der Waals surface area contributed by atoms with Gasteiger partial charge >= 0.3 is 0 Å². The molecule has 4 heteroatoms. The van der Waals surface area contributed by atoms with Gasteiger partial charge in [-0.15, -0.1) is 0 Å². The van der Waals surface area contributed by atoms with Crippen molar-refractivity contribution < 1.29 is 4.79 Å². The Bertz CT molecular complexity index is 200. The molecule has 1 fully saturated rings. The minimum Gasteiger partial charge on any atom is -0.355 e. The zero-order valence-corrected chi connectivity index (χ0v) is 9.75. The van der Waals surface area contributed by atoms with Crippen LogP contribution in [0.25, 0.3) is 0 Å². The van der Waals surface area contributed by atoms with Crippen LogP contribution >= 0.6 is 0 Å². The SMILES string of the molecule is CC(C)C(N)C(=O)NCC[C@H]1CCCN1. The summed E-state index contributed by atoms with van der Waals surface area (Å²) in [5.41, 5.74) is 5.73. The molecule has 1 unspecified atom stereocenters. The van der Waals surface area contributed by atoms with E-state index in [0.29, 0.717) is 6.04 Å². The first-order valence-electron chi connectivity index (χ1n) is 5.88. The van der Waals surface area contributed by atoms with Gasteiger partial charge in [-0.05, 0) is 31.7 Å². The Labute approximate surface area is 92.0 Å². The highest BCUT2D eigenvalue weighted by Gasteiger charge is 2.18. The number of amides is 1. The average molecular weight is 213 g/mol. The van der Waals surface area contributed by atoms with Gasteiger partial charge in [-0.2, -0.15) is 0 Å². The lowest BCUT2D eigenvalue weighted by Gasteiger charge is -2.16. The van der Waals surface area contributed by atoms with Crippen molar-refractivity contribution in [2.45, 2.75) is 45.2 Å². The molecule has 0 aliphatic carbocycles. The largest absolute Gasteiger partial charge is 0.355 e. The minimum atomic E-state index is -0.374. The van der Waals surface area contributed by atoms with Crippen LogP contribution in [-0.2, 0) is 4.79 Å². The van der Waals surface area contributed by atoms with Crippen molar-refractivity contribution >= 4 is 5.91 Å². The summed E-state index contributed by atoms with van der Waals surface area (Å²) in [6.45, 7) is 5.77. The Morgan fingerprint density at radius 1 is 1.60 bits per heavy atom. The van der Waals surface area contributed by atoms with Crippen LogP contribution in [0, 0.1) is 5.92 Å². The van der Waals surface area contributed by atoms with Crippen LogP contribution < -0.4 is 16.4 Å². The second kappa shape index (κ2) is 6.08. The number of carbonyl (C=O) groups is 1. The van der Waals surface area contributed by atoms with Crippen LogP contribution in [-0.4, -0.2) is 31.1 Å². The summed E-state index contributed by atoms with van der Waals surface area (Å²) in [5.74, 6) is 0.178. The Balaban J connectivity index is 2.11. The van der Waals surface area contributed by atoms with Crippen LogP contribution in [0.4, 0.5) is 0 Å². The van der Waals surface area contributed by atoms with Gasteiger partial charge in [0.05, 0.1) is 6.04 Å². The van der Waals surface area contributed by atoms with Crippen LogP contribution in [0.1, 0.15) is 33.1 Å². The van der Waals surface area contributed by atoms with Crippen molar-refractivity contribution in [3.63, 3.8) is 0 Å². The Hall–Kier alpha value is -0.610. The number of carbonyl (C=O) groups excluding carboxylic acids is 1. The van der Waals surface area contributed by atoms with Gasteiger partial charge in [-0.3, -0.25) is 4.79 Å². The molecule has 2 atom stereocenters. The van der Waals surface area contributed by atoms with Crippen molar-refractivity contribution in [1.29, 1.82) is 0 Å². The number of nitrogens with one attached hydrogen (secondary N) is 2. The summed E-state index contributed by atoms with van der Waals surface area (Å²) in [6, 6.07) is 0.210. The van der Waals surface area contributed by atoms with Gasteiger partial charge in [0, 0.05) is 12.6 Å². The highest BCUT2D eigenvalue weighted by Crippen LogP contribution is 2.07. The third-order valence-corrected chi connectivity index (χ3v) is 2.98. The molecule has 0 radical (unpaired) electrons. The highest BCUT2D eigenvalue weighted by molar-refractivity contribution is 5.81. The lowest BCUT2D eigenvalue weighted by molar-refractivity contribution is -0.123. The summed E-state index contributed by atoms with van der Waals surface area (Å²) in [7, 11) is 0. The summed E-state index contributed by atoms with van der Waals surface area (Å²) >= 11 is 0. The Kier molecular flexibility index (Phi) is 5.05. The summed E-state index contributed by atoms with van der Waals surface area (Å²) in [6.07, 6.45) is 3.49. The van der Waals surface area contributed by atoms with Crippen LogP contribution in [0.15, 0.2) is 0 Å². The van der Waals surface area contributed by atoms with Gasteiger partial charge < -0.3 is 16.4 Å². The quantitative estimate of drug-likeness (QED) is 0.612. The van der Waals surface area contributed by atoms with Gasteiger partial charge in [0.1, 0.15) is 0 Å². The van der Waals surface area contributed by atoms with Crippen molar-refractivity contribution in [3.8, 4) is 0 Å². The standard InChI is InChI=1S/C11H23N3O/c1-8(2)10(12)11(15)14-7-5-9-4-3-6-13-9/h8-10,13H,3-7,12H2,1-2H3,(H,14,15)/t9-,10?/m1/s1. The average Bonchev–Trinajstić information content (AvgIpc) is 2.69. The van der Waals surface area contributed by atoms with Gasteiger partial charge in [0.2, 0.25) is 5.91 Å². The highest BCUT2D eigenvalue weighted by atomic mass is 16.2. The molecular weight excluding hydrogens is 190 g/mol. The van der Waals surface area contributed by atoms with E-state index in [-0.39, 0.29) is 17.9 Å². The molecule has 1 rings (SSSR count). The van der Waals surface area contributed by atoms with Gasteiger partial charge in [-0.25, -0.2) is 0 Å². The molecule has 88 valence electrons. The summed E-state index contributed by atoms with van der Waals surface area (Å²) in [5, 5.41) is 6.29. The summed E-state index contributed by atoms with van der Waals surface area (Å²) in [4.78, 5) is 11.5. The topological polar surface area (TPSA) is 67.2 Å². The molecule has 1 aliphatic heterocycles. The minimum absolute atomic E-state index is 0.0250. The fourth-order valence-corrected chi connectivity index (χ4v) is 1.79. The number of nitrogens with two attached hydrogens (primary N) is 1. The molecule has 0 bridgehead atoms. The van der Waals surface area contributed by atoms with E-state index in [9.17, 15) is 4.79 Å². The van der Waals surface area contributed by atoms with E-state index in [2.05, 4.69) is 10.6 Å². The monoisotopic (exact) mass is 213 g/mol. The number of hydrogen-bond donors (Lipinski definition) is 3. The molecule has 0 aromatic carbocycles. The van der Waals surface area contributed by atoms with E-state index >= 15 is 0 Å². The molecule has 15 heavy (non-hydrogen) atoms. The predicted octanol–water partition coefficient (Wildman–Crippen LogP) is 0.228. The van der Waals surface area contributed by atoms with Crippen molar-refractivity contribution in [1.82, 2.24) is 10.6 Å². The second-order valence-electron chi connectivity index (χ2n) is 4.64. The van der Waals surface area contributed by atoms with Gasteiger partial charge in [-0.1, -0.05) is 13.8 Å². The maximum Gasteiger partial charge on any atom is 0.237 e. The lowest BCUT2D eigenvalue weighted by atomic mass is 10.0. The van der Waals surface area contributed by atoms with Crippen LogP contribution in [0.5, 0.6) is 0 Å². The van der Waals surface area contributed by atoms with E-state index in [4.69, 9.17) is 5.73 Å². The molecule has 1 amide bonds. The van der Waals surface area contributed by atoms with E-state index in [1.165, 1.54) is 12.8 Å². The van der Waals surface area contributed by atoms with Gasteiger partial charge in [0.25, 0.3) is 0 Å². The Morgan fingerprint density at radius 3 is 2.87 bits per heavy atom. The first-order chi connectivity index (χ1) is 7.11. The maximum absolute atomic E-state index is 11.5. The molecule has 1 heterocycles. The molecule has 1 saturated heterocycles. The zero-order chi connectivity index (χ0) is 11.3. The van der Waals surface area contributed by atoms with Crippen LogP contribution in [0.3, 0.4) is 0 Å². The molecule has 1 aliphatic rings. The fraction of sp³-hybridized carbons (Fsp3) is 0.909. The molecule has 0 aromatic heterocycles. The van der Waals surface area contributed by atoms with E-state index in [1.54, 1.807) is 0 Å². The predicted molar refractivity (Wildman–Crippen MR) is 61.5 cm³/mol. The smallest absolute Gasteiger partial charge is 0.237 e. The molecular formula is C11H23N3O. The lowest BCUT2D eigenvalue weighted by Crippen LogP contribution is -2.44. The Morgan fingerprint density at radius 2 is 2.33 bits per heavy atom. The molecule has 0 saturated carbocycles. The van der Waals surface area contributed by atoms with Crippen molar-refractivity contribution in [2.75, 3.05) is 13.1 Å². The zero-order valence-electron chi connectivity index (χ0n) is 9.75. The van der Waals surface area contributed by atoms with Crippen LogP contribution in [0.2, 0.25) is 0 Å². The molecule has 4 nitrogen and oxygen atoms in total. The first-order valence-corrected chi connectivity index (χ1v) is 5.88. The molecule has 0 aromatic rings. The van der Waals surface area contributed by atoms with E-state index in [1.807, 2.05) is 13.8 Å². The van der Waals surface area contributed by atoms with Gasteiger partial charge in [0.15, 0.2) is 0 Å². The number of hydrogen-bond acceptors (Lipinski definition) is 3. The second-order valence-corrected chi connectivity index (χ2v) is 4.64. The molecule has 0 spiro atoms. The van der Waals surface area contributed by atoms with Crippen molar-refractivity contribution in [2.24, 2.45) is 11.7 Å². The third-order valence-electron chi connectivity index (χ3n) is 2.98. The third kappa shape index (κ3) is 4.18. The van der Waals surface area contributed by atoms with Crippen molar-refractivity contribution in [3.05, 3.63) is 0 Å². The van der Waals surface area contributed by atoms with E-state index in [0.717, 1.165) is 19.5 Å². The molecule has 4 N–H and O–H groups in total. The maximum atomic E-state index is 11.5. The fourth-order valence-electron chi connectivity index (χ4n) is 1.79. The first kappa shape index (κ1) is 12.5.